The smallest absolute Gasteiger partial charge is 0.265 e. The number of sulfonamides is 1. The Labute approximate surface area is 194 Å². The van der Waals surface area contributed by atoms with Crippen LogP contribution in [-0.4, -0.2) is 40.7 Å². The van der Waals surface area contributed by atoms with E-state index >= 15 is 0 Å². The molecule has 0 bridgehead atoms. The molecule has 0 aliphatic heterocycles. The molecule has 0 fully saturated rings. The van der Waals surface area contributed by atoms with Crippen molar-refractivity contribution in [2.45, 2.75) is 25.2 Å². The van der Waals surface area contributed by atoms with Gasteiger partial charge in [-0.1, -0.05) is 16.8 Å². The summed E-state index contributed by atoms with van der Waals surface area (Å²) in [5.41, 5.74) is 1.63. The zero-order valence-electron chi connectivity index (χ0n) is 17.9. The van der Waals surface area contributed by atoms with E-state index in [0.717, 1.165) is 11.3 Å². The Kier molecular flexibility index (Phi) is 7.01. The lowest BCUT2D eigenvalue weighted by atomic mass is 10.0. The molecule has 0 spiro atoms. The molecule has 3 rings (SSSR count). The van der Waals surface area contributed by atoms with Gasteiger partial charge in [0.1, 0.15) is 15.6 Å². The Morgan fingerprint density at radius 2 is 1.88 bits per heavy atom. The Balaban J connectivity index is 1.95. The van der Waals surface area contributed by atoms with E-state index in [1.807, 2.05) is 0 Å². The van der Waals surface area contributed by atoms with Crippen LogP contribution in [0.2, 0.25) is 5.02 Å². The average Bonchev–Trinajstić information content (AvgIpc) is 3.38. The summed E-state index contributed by atoms with van der Waals surface area (Å²) < 4.78 is 49.1. The number of ketones is 1. The molecule has 172 valence electrons. The molecule has 32 heavy (non-hydrogen) atoms. The van der Waals surface area contributed by atoms with Crippen molar-refractivity contribution in [1.82, 2.24) is 5.16 Å². The molecule has 0 atom stereocenters. The fraction of sp³-hybridized carbons (Fsp3) is 0.300. The number of carbonyl (C=O) groups is 1. The standard InChI is InChI=1S/C20H21ClN2O7S2/c1-10-12(9-14(27-3)18(29-5)17(10)28-4)8-13(24)19-15(6-7-31-19)32(25,26)23-20-16(21)11(2)22-30-20/h6-7,9,23H,8H2,1-5H3. The summed E-state index contributed by atoms with van der Waals surface area (Å²) in [4.78, 5) is 13.0. The van der Waals surface area contributed by atoms with E-state index in [0.29, 0.717) is 34.1 Å². The molecule has 0 saturated carbocycles. The Morgan fingerprint density at radius 3 is 2.44 bits per heavy atom. The number of nitrogens with zero attached hydrogens (tertiary/aromatic N) is 1. The van der Waals surface area contributed by atoms with Crippen LogP contribution in [-0.2, 0) is 16.4 Å². The maximum Gasteiger partial charge on any atom is 0.265 e. The van der Waals surface area contributed by atoms with Crippen molar-refractivity contribution in [2.24, 2.45) is 0 Å². The third kappa shape index (κ3) is 4.41. The van der Waals surface area contributed by atoms with Crippen molar-refractivity contribution in [3.63, 3.8) is 0 Å². The van der Waals surface area contributed by atoms with Crippen molar-refractivity contribution in [3.8, 4) is 17.2 Å². The first-order valence-electron chi connectivity index (χ1n) is 9.18. The highest BCUT2D eigenvalue weighted by molar-refractivity contribution is 7.93. The number of thiophene rings is 1. The number of hydrogen-bond acceptors (Lipinski definition) is 9. The number of anilines is 1. The summed E-state index contributed by atoms with van der Waals surface area (Å²) >= 11 is 7.03. The minimum absolute atomic E-state index is 0.0460. The summed E-state index contributed by atoms with van der Waals surface area (Å²) in [6, 6.07) is 3.02. The highest BCUT2D eigenvalue weighted by Crippen LogP contribution is 2.42. The summed E-state index contributed by atoms with van der Waals surface area (Å²) in [7, 11) is 0.312. The van der Waals surface area contributed by atoms with E-state index in [4.69, 9.17) is 30.3 Å². The van der Waals surface area contributed by atoms with Crippen molar-refractivity contribution in [2.75, 3.05) is 26.1 Å². The molecule has 2 heterocycles. The number of nitrogens with one attached hydrogen (secondary N) is 1. The van der Waals surface area contributed by atoms with Gasteiger partial charge in [0.2, 0.25) is 5.75 Å². The second-order valence-corrected chi connectivity index (χ2v) is 9.60. The zero-order chi connectivity index (χ0) is 23.6. The van der Waals surface area contributed by atoms with Gasteiger partial charge in [-0.05, 0) is 42.5 Å². The maximum absolute atomic E-state index is 13.1. The number of Topliss-reactive ketones (excluding diaryl/α,β-unsaturated/α-hetero) is 1. The van der Waals surface area contributed by atoms with Gasteiger partial charge in [0.15, 0.2) is 17.3 Å². The second-order valence-electron chi connectivity index (χ2n) is 6.66. The molecule has 0 amide bonds. The van der Waals surface area contributed by atoms with Gasteiger partial charge >= 0.3 is 0 Å². The zero-order valence-corrected chi connectivity index (χ0v) is 20.3. The largest absolute Gasteiger partial charge is 0.493 e. The molecule has 3 aromatic rings. The van der Waals surface area contributed by atoms with Gasteiger partial charge in [-0.2, -0.15) is 0 Å². The van der Waals surface area contributed by atoms with Gasteiger partial charge in [-0.3, -0.25) is 4.79 Å². The Bertz CT molecular complexity index is 1270. The molecule has 2 aromatic heterocycles. The van der Waals surface area contributed by atoms with E-state index < -0.39 is 15.8 Å². The summed E-state index contributed by atoms with van der Waals surface area (Å²) in [5.74, 6) is 0.637. The van der Waals surface area contributed by atoms with Crippen LogP contribution in [0.1, 0.15) is 26.5 Å². The Hall–Kier alpha value is -2.76. The molecule has 0 radical (unpaired) electrons. The van der Waals surface area contributed by atoms with Crippen molar-refractivity contribution >= 4 is 44.6 Å². The fourth-order valence-corrected chi connectivity index (χ4v) is 5.66. The number of carbonyl (C=O) groups excluding carboxylic acids is 1. The van der Waals surface area contributed by atoms with Gasteiger partial charge in [0, 0.05) is 6.42 Å². The highest BCUT2D eigenvalue weighted by Gasteiger charge is 2.28. The van der Waals surface area contributed by atoms with Crippen molar-refractivity contribution in [1.29, 1.82) is 0 Å². The third-order valence-electron chi connectivity index (χ3n) is 4.73. The lowest BCUT2D eigenvalue weighted by Crippen LogP contribution is -2.16. The number of halogens is 1. The predicted molar refractivity (Wildman–Crippen MR) is 120 cm³/mol. The molecule has 0 aliphatic carbocycles. The minimum Gasteiger partial charge on any atom is -0.493 e. The monoisotopic (exact) mass is 500 g/mol. The lowest BCUT2D eigenvalue weighted by Gasteiger charge is -2.17. The van der Waals surface area contributed by atoms with Crippen LogP contribution in [0, 0.1) is 13.8 Å². The molecular formula is C20H21ClN2O7S2. The number of methoxy groups -OCH3 is 3. The van der Waals surface area contributed by atoms with Crippen LogP contribution >= 0.6 is 22.9 Å². The second kappa shape index (κ2) is 9.39. The van der Waals surface area contributed by atoms with Crippen LogP contribution in [0.5, 0.6) is 17.2 Å². The highest BCUT2D eigenvalue weighted by atomic mass is 35.5. The summed E-state index contributed by atoms with van der Waals surface area (Å²) in [6.07, 6.45) is -0.0756. The van der Waals surface area contributed by atoms with E-state index in [1.54, 1.807) is 19.9 Å². The van der Waals surface area contributed by atoms with Crippen LogP contribution < -0.4 is 18.9 Å². The van der Waals surface area contributed by atoms with Crippen LogP contribution in [0.25, 0.3) is 0 Å². The molecule has 1 aromatic carbocycles. The van der Waals surface area contributed by atoms with E-state index in [1.165, 1.54) is 32.8 Å². The van der Waals surface area contributed by atoms with E-state index in [-0.39, 0.29) is 27.1 Å². The molecule has 0 aliphatic rings. The van der Waals surface area contributed by atoms with Gasteiger partial charge in [0.05, 0.1) is 26.2 Å². The van der Waals surface area contributed by atoms with Gasteiger partial charge in [-0.15, -0.1) is 11.3 Å². The van der Waals surface area contributed by atoms with Gasteiger partial charge in [0.25, 0.3) is 15.9 Å². The SMILES string of the molecule is COc1cc(CC(=O)c2sccc2S(=O)(=O)Nc2onc(C)c2Cl)c(C)c(OC)c1OC. The first-order chi connectivity index (χ1) is 15.1. The summed E-state index contributed by atoms with van der Waals surface area (Å²) in [6.45, 7) is 3.36. The number of rotatable bonds is 9. The van der Waals surface area contributed by atoms with Crippen molar-refractivity contribution < 1.29 is 31.9 Å². The average molecular weight is 501 g/mol. The van der Waals surface area contributed by atoms with Crippen LogP contribution in [0.15, 0.2) is 26.9 Å². The fourth-order valence-electron chi connectivity index (χ4n) is 3.10. The maximum atomic E-state index is 13.1. The van der Waals surface area contributed by atoms with Crippen molar-refractivity contribution in [3.05, 3.63) is 44.2 Å². The first kappa shape index (κ1) is 23.9. The normalized spacial score (nSPS) is 11.3. The molecule has 0 unspecified atom stereocenters. The lowest BCUT2D eigenvalue weighted by molar-refractivity contribution is 0.0993. The van der Waals surface area contributed by atoms with Gasteiger partial charge < -0.3 is 18.7 Å². The third-order valence-corrected chi connectivity index (χ3v) is 7.63. The number of ether oxygens (including phenoxy) is 3. The first-order valence-corrected chi connectivity index (χ1v) is 11.9. The topological polar surface area (TPSA) is 117 Å². The number of aryl methyl sites for hydroxylation is 1. The number of benzene rings is 1. The molecule has 9 nitrogen and oxygen atoms in total. The quantitative estimate of drug-likeness (QED) is 0.433. The van der Waals surface area contributed by atoms with Crippen LogP contribution in [0.3, 0.4) is 0 Å². The molecule has 12 heteroatoms. The number of aromatic nitrogens is 1. The van der Waals surface area contributed by atoms with Crippen LogP contribution in [0.4, 0.5) is 5.88 Å². The molecular weight excluding hydrogens is 480 g/mol. The minimum atomic E-state index is -4.14. The van der Waals surface area contributed by atoms with E-state index in [2.05, 4.69) is 9.88 Å². The van der Waals surface area contributed by atoms with Gasteiger partial charge in [-0.25, -0.2) is 13.1 Å². The number of hydrogen-bond donors (Lipinski definition) is 1. The Morgan fingerprint density at radius 1 is 1.19 bits per heavy atom. The van der Waals surface area contributed by atoms with E-state index in [9.17, 15) is 13.2 Å². The molecule has 1 N–H and O–H groups in total. The summed E-state index contributed by atoms with van der Waals surface area (Å²) in [5, 5.41) is 5.19. The molecule has 0 saturated heterocycles. The predicted octanol–water partition coefficient (Wildman–Crippen LogP) is 4.26.